The summed E-state index contributed by atoms with van der Waals surface area (Å²) in [7, 11) is 6.74. The van der Waals surface area contributed by atoms with Gasteiger partial charge in [-0.1, -0.05) is 63.9 Å². The molecule has 19 nitrogen and oxygen atoms in total. The molecular weight excluding hydrogens is 925 g/mol. The van der Waals surface area contributed by atoms with E-state index in [1.165, 1.54) is 31.8 Å². The highest BCUT2D eigenvalue weighted by Gasteiger charge is 2.27. The largest absolute Gasteiger partial charge is 0.496 e. The van der Waals surface area contributed by atoms with E-state index in [0.717, 1.165) is 22.5 Å². The zero-order chi connectivity index (χ0) is 49.5. The van der Waals surface area contributed by atoms with Crippen molar-refractivity contribution in [3.63, 3.8) is 0 Å². The van der Waals surface area contributed by atoms with Crippen molar-refractivity contribution < 1.29 is 43.1 Å². The molecule has 0 unspecified atom stereocenters. The Morgan fingerprint density at radius 1 is 0.594 bits per heavy atom. The van der Waals surface area contributed by atoms with Crippen molar-refractivity contribution in [2.45, 2.75) is 26.7 Å². The first kappa shape index (κ1) is 50.5. The van der Waals surface area contributed by atoms with Crippen LogP contribution in [0.15, 0.2) is 97.3 Å². The number of anilines is 4. The van der Waals surface area contributed by atoms with Crippen molar-refractivity contribution in [1.29, 1.82) is 0 Å². The Bertz CT molecular complexity index is 2810. The van der Waals surface area contributed by atoms with Crippen LogP contribution in [0.4, 0.5) is 40.8 Å². The van der Waals surface area contributed by atoms with Crippen LogP contribution in [0.1, 0.15) is 52.7 Å². The molecule has 0 spiro atoms. The van der Waals surface area contributed by atoms with E-state index in [-0.39, 0.29) is 64.0 Å². The third kappa shape index (κ3) is 14.1. The minimum absolute atomic E-state index is 0.00355. The number of hydroxylamine groups is 1. The number of aromatic nitrogens is 2. The van der Waals surface area contributed by atoms with Gasteiger partial charge in [-0.25, -0.2) is 29.1 Å². The second-order valence-electron chi connectivity index (χ2n) is 15.5. The lowest BCUT2D eigenvalue weighted by molar-refractivity contribution is 0.102. The van der Waals surface area contributed by atoms with Crippen molar-refractivity contribution >= 4 is 80.1 Å². The van der Waals surface area contributed by atoms with Crippen LogP contribution in [0.5, 0.6) is 11.5 Å². The Labute approximate surface area is 406 Å². The Hall–Kier alpha value is -7.88. The molecule has 0 aliphatic heterocycles. The zero-order valence-corrected chi connectivity index (χ0v) is 40.4. The van der Waals surface area contributed by atoms with Crippen LogP contribution in [-0.4, -0.2) is 105 Å². The number of ether oxygens (including phenoxy) is 2. The molecule has 2 heterocycles. The van der Waals surface area contributed by atoms with E-state index < -0.39 is 23.9 Å². The fraction of sp³-hybridized carbons (Fsp3) is 0.250. The van der Waals surface area contributed by atoms with Gasteiger partial charge in [0.25, 0.3) is 0 Å². The van der Waals surface area contributed by atoms with Gasteiger partial charge in [0.05, 0.1) is 36.7 Å². The lowest BCUT2D eigenvalue weighted by Crippen LogP contribution is -2.41. The molecule has 0 radical (unpaired) electrons. The maximum Gasteiger partial charge on any atom is 0.432 e. The van der Waals surface area contributed by atoms with Gasteiger partial charge in [0.1, 0.15) is 11.5 Å². The topological polar surface area (TPSA) is 235 Å². The van der Waals surface area contributed by atoms with E-state index in [9.17, 15) is 28.8 Å². The van der Waals surface area contributed by atoms with Crippen LogP contribution < -0.4 is 46.4 Å². The number of urea groups is 3. The average molecular weight is 977 g/mol. The molecule has 0 bridgehead atoms. The normalized spacial score (nSPS) is 10.7. The van der Waals surface area contributed by atoms with E-state index in [1.54, 1.807) is 91.1 Å². The molecule has 6 rings (SSSR count). The van der Waals surface area contributed by atoms with Gasteiger partial charge in [0, 0.05) is 72.3 Å². The standard InChI is InChI=1S/C48H52N10O9S2/c1-29-15-17-37(35(25-29)41(59)33-11-7-9-13-39(33)65-5)54-44(62)56-45-52-27-31(68-45)20-22-51-48(64)67-58(47-53-28-32(69-47)19-21-49-43(61)50-23-24-57(3)4)46(63)55-38-18-16-30(2)26-36(38)42(60)34-12-8-10-14-40(34)66-6/h7-18,25-28H,19-24H2,1-6H3,(H,51,64)(H,55,63)(H2,49,50,61)(H2,52,54,56,62). The summed E-state index contributed by atoms with van der Waals surface area (Å²) in [6, 6.07) is 21.7. The summed E-state index contributed by atoms with van der Waals surface area (Å²) >= 11 is 2.23. The SMILES string of the molecule is COc1ccccc1C(=O)c1cc(C)ccc1NC(=O)Nc1ncc(CCNC(=O)ON(C(=O)Nc2ccc(C)cc2C(=O)c2ccccc2OC)c2ncc(CCNC(=O)NCCN(C)C)s2)s1. The average Bonchev–Trinajstić information content (AvgIpc) is 4.00. The van der Waals surface area contributed by atoms with E-state index >= 15 is 0 Å². The van der Waals surface area contributed by atoms with E-state index in [1.807, 2.05) is 32.8 Å². The third-order valence-electron chi connectivity index (χ3n) is 10.0. The van der Waals surface area contributed by atoms with E-state index in [0.29, 0.717) is 57.1 Å². The summed E-state index contributed by atoms with van der Waals surface area (Å²) in [6.45, 7) is 5.10. The highest BCUT2D eigenvalue weighted by atomic mass is 32.1. The van der Waals surface area contributed by atoms with Gasteiger partial charge in [0.15, 0.2) is 16.7 Å². The third-order valence-corrected chi connectivity index (χ3v) is 12.0. The number of para-hydroxylation sites is 2. The van der Waals surface area contributed by atoms with Gasteiger partial charge in [-0.3, -0.25) is 14.9 Å². The molecule has 0 saturated carbocycles. The minimum atomic E-state index is -0.994. The van der Waals surface area contributed by atoms with Crippen molar-refractivity contribution in [3.05, 3.63) is 140 Å². The molecular formula is C48H52N10O9S2. The molecule has 69 heavy (non-hydrogen) atoms. The van der Waals surface area contributed by atoms with Crippen molar-refractivity contribution in [3.8, 4) is 11.5 Å². The summed E-state index contributed by atoms with van der Waals surface area (Å²) in [5.41, 5.74) is 3.08. The minimum Gasteiger partial charge on any atom is -0.496 e. The van der Waals surface area contributed by atoms with Gasteiger partial charge in [-0.05, 0) is 76.5 Å². The summed E-state index contributed by atoms with van der Waals surface area (Å²) < 4.78 is 10.8. The Morgan fingerprint density at radius 2 is 1.13 bits per heavy atom. The molecule has 2 aromatic heterocycles. The maximum atomic E-state index is 14.1. The molecule has 6 aromatic rings. The molecule has 0 aliphatic rings. The number of nitrogens with one attached hydrogen (secondary N) is 6. The molecule has 7 amide bonds. The number of carbonyl (C=O) groups is 6. The van der Waals surface area contributed by atoms with Gasteiger partial charge >= 0.3 is 24.2 Å². The van der Waals surface area contributed by atoms with Gasteiger partial charge in [0.2, 0.25) is 5.13 Å². The number of carbonyl (C=O) groups excluding carboxylic acids is 6. The Morgan fingerprint density at radius 3 is 1.72 bits per heavy atom. The van der Waals surface area contributed by atoms with Crippen LogP contribution in [0.2, 0.25) is 0 Å². The van der Waals surface area contributed by atoms with Crippen LogP contribution in [0.25, 0.3) is 0 Å². The smallest absolute Gasteiger partial charge is 0.432 e. The van der Waals surface area contributed by atoms with Crippen LogP contribution in [0, 0.1) is 13.8 Å². The van der Waals surface area contributed by atoms with Crippen LogP contribution in [-0.2, 0) is 17.7 Å². The highest BCUT2D eigenvalue weighted by molar-refractivity contribution is 7.16. The molecule has 4 aromatic carbocycles. The quantitative estimate of drug-likeness (QED) is 0.0339. The van der Waals surface area contributed by atoms with Gasteiger partial charge < -0.3 is 45.8 Å². The summed E-state index contributed by atoms with van der Waals surface area (Å²) in [5, 5.41) is 17.3. The molecule has 360 valence electrons. The second-order valence-corrected chi connectivity index (χ2v) is 17.7. The fourth-order valence-electron chi connectivity index (χ4n) is 6.59. The molecule has 0 saturated heterocycles. The molecule has 6 N–H and O–H groups in total. The van der Waals surface area contributed by atoms with Crippen molar-refractivity contribution in [1.82, 2.24) is 30.8 Å². The maximum absolute atomic E-state index is 14.1. The number of likely N-dealkylation sites (N-methyl/N-ethyl adjacent to an activating group) is 1. The van der Waals surface area contributed by atoms with Crippen LogP contribution in [0.3, 0.4) is 0 Å². The summed E-state index contributed by atoms with van der Waals surface area (Å²) in [5.74, 6) is 0.0149. The number of rotatable bonds is 19. The second kappa shape index (κ2) is 24.2. The first-order chi connectivity index (χ1) is 33.2. The van der Waals surface area contributed by atoms with E-state index in [4.69, 9.17) is 14.3 Å². The Kier molecular flexibility index (Phi) is 17.7. The van der Waals surface area contributed by atoms with Gasteiger partial charge in [-0.2, -0.15) is 0 Å². The van der Waals surface area contributed by atoms with Crippen molar-refractivity contribution in [2.24, 2.45) is 0 Å². The molecule has 21 heteroatoms. The van der Waals surface area contributed by atoms with Crippen molar-refractivity contribution in [2.75, 3.05) is 75.5 Å². The number of hydrogen-bond acceptors (Lipinski definition) is 14. The number of benzene rings is 4. The Balaban J connectivity index is 1.10. The molecule has 0 fully saturated rings. The number of ketones is 2. The number of amides is 7. The lowest BCUT2D eigenvalue weighted by atomic mass is 9.99. The first-order valence-corrected chi connectivity index (χ1v) is 23.1. The number of nitrogens with zero attached hydrogens (tertiary/aromatic N) is 4. The van der Waals surface area contributed by atoms with Gasteiger partial charge in [-0.15, -0.1) is 11.3 Å². The predicted octanol–water partition coefficient (Wildman–Crippen LogP) is 7.67. The monoisotopic (exact) mass is 976 g/mol. The number of aryl methyl sites for hydroxylation is 2. The van der Waals surface area contributed by atoms with E-state index in [2.05, 4.69) is 41.9 Å². The number of hydrogen-bond donors (Lipinski definition) is 6. The zero-order valence-electron chi connectivity index (χ0n) is 38.8. The summed E-state index contributed by atoms with van der Waals surface area (Å²) in [6.07, 6.45) is 2.69. The first-order valence-electron chi connectivity index (χ1n) is 21.5. The van der Waals surface area contributed by atoms with Crippen LogP contribution >= 0.6 is 22.7 Å². The lowest BCUT2D eigenvalue weighted by Gasteiger charge is -2.20. The summed E-state index contributed by atoms with van der Waals surface area (Å²) in [4.78, 5) is 97.9. The highest BCUT2D eigenvalue weighted by Crippen LogP contribution is 2.30. The molecule has 0 atom stereocenters. The predicted molar refractivity (Wildman–Crippen MR) is 265 cm³/mol. The number of thiazole rings is 2. The molecule has 0 aliphatic carbocycles. The number of methoxy groups -OCH3 is 2. The fourth-order valence-corrected chi connectivity index (χ4v) is 8.25.